The molecule has 0 aliphatic carbocycles. The topological polar surface area (TPSA) is 76.1 Å². The van der Waals surface area contributed by atoms with Crippen LogP contribution in [0.5, 0.6) is 0 Å². The van der Waals surface area contributed by atoms with Gasteiger partial charge in [0, 0.05) is 19.3 Å². The van der Waals surface area contributed by atoms with Gasteiger partial charge in [-0.3, -0.25) is 0 Å². The van der Waals surface area contributed by atoms with Crippen molar-refractivity contribution in [1.82, 2.24) is 20.6 Å². The predicted octanol–water partition coefficient (Wildman–Crippen LogP) is 1.23. The highest BCUT2D eigenvalue weighted by Crippen LogP contribution is 2.24. The highest BCUT2D eigenvalue weighted by molar-refractivity contribution is 14.1. The lowest BCUT2D eigenvalue weighted by Crippen LogP contribution is -2.21. The third kappa shape index (κ3) is 3.35. The molecule has 108 valence electrons. The van der Waals surface area contributed by atoms with E-state index in [1.54, 1.807) is 13.1 Å². The molecule has 1 fully saturated rings. The van der Waals surface area contributed by atoms with E-state index in [2.05, 4.69) is 43.2 Å². The number of rotatable bonds is 4. The van der Waals surface area contributed by atoms with Gasteiger partial charge in [0.15, 0.2) is 5.16 Å². The van der Waals surface area contributed by atoms with Crippen molar-refractivity contribution in [2.75, 3.05) is 26.0 Å². The average molecular weight is 406 g/mol. The van der Waals surface area contributed by atoms with Gasteiger partial charge in [-0.05, 0) is 35.8 Å². The number of thioether (sulfide) groups is 1. The Kier molecular flexibility index (Phi) is 5.46. The molecule has 0 saturated carbocycles. The van der Waals surface area contributed by atoms with E-state index in [1.165, 1.54) is 11.8 Å². The van der Waals surface area contributed by atoms with E-state index in [4.69, 9.17) is 4.74 Å². The summed E-state index contributed by atoms with van der Waals surface area (Å²) < 4.78 is 5.96. The summed E-state index contributed by atoms with van der Waals surface area (Å²) in [6.07, 6.45) is 3.61. The van der Waals surface area contributed by atoms with Crippen LogP contribution in [0.25, 0.3) is 5.57 Å². The minimum Gasteiger partial charge on any atom is -0.462 e. The fourth-order valence-corrected chi connectivity index (χ4v) is 2.63. The van der Waals surface area contributed by atoms with Gasteiger partial charge >= 0.3 is 5.97 Å². The van der Waals surface area contributed by atoms with Gasteiger partial charge in [-0.1, -0.05) is 11.8 Å². The normalized spacial score (nSPS) is 13.7. The zero-order chi connectivity index (χ0) is 14.5. The molecule has 1 aliphatic rings. The molecule has 6 nitrogen and oxygen atoms in total. The van der Waals surface area contributed by atoms with Gasteiger partial charge in [0.1, 0.15) is 11.4 Å². The van der Waals surface area contributed by atoms with E-state index in [1.807, 2.05) is 6.26 Å². The Bertz CT molecular complexity index is 542. The average Bonchev–Trinajstić information content (AvgIpc) is 2.95. The summed E-state index contributed by atoms with van der Waals surface area (Å²) in [5, 5.41) is 6.94. The van der Waals surface area contributed by atoms with Crippen LogP contribution in [0.1, 0.15) is 12.6 Å². The van der Waals surface area contributed by atoms with Gasteiger partial charge in [-0.15, -0.1) is 0 Å². The second-order valence-corrected chi connectivity index (χ2v) is 5.81. The van der Waals surface area contributed by atoms with Gasteiger partial charge in [0.25, 0.3) is 0 Å². The minimum absolute atomic E-state index is 0.326. The molecule has 2 heterocycles. The fourth-order valence-electron chi connectivity index (χ4n) is 1.76. The van der Waals surface area contributed by atoms with Crippen molar-refractivity contribution in [3.8, 4) is 0 Å². The Morgan fingerprint density at radius 3 is 2.80 bits per heavy atom. The Hall–Kier alpha value is -1.03. The van der Waals surface area contributed by atoms with E-state index in [9.17, 15) is 4.79 Å². The Morgan fingerprint density at radius 1 is 1.50 bits per heavy atom. The Labute approximate surface area is 135 Å². The first kappa shape index (κ1) is 15.4. The zero-order valence-corrected chi connectivity index (χ0v) is 14.2. The van der Waals surface area contributed by atoms with Crippen molar-refractivity contribution in [2.24, 2.45) is 0 Å². The number of nitrogens with one attached hydrogen (secondary N) is 2. The first-order chi connectivity index (χ1) is 9.67. The smallest absolute Gasteiger partial charge is 0.344 e. The second kappa shape index (κ2) is 7.11. The standard InChI is InChI=1S/C12H15IN4O2S/c1-3-19-11(18)8(10-14-4-5-15-10)9-7(13)6-16-12(17-9)20-2/h6,14-15H,3-5H2,1-2H3. The van der Waals surface area contributed by atoms with Crippen LogP contribution in [-0.2, 0) is 9.53 Å². The van der Waals surface area contributed by atoms with E-state index >= 15 is 0 Å². The summed E-state index contributed by atoms with van der Waals surface area (Å²) >= 11 is 3.56. The number of halogens is 1. The molecule has 1 saturated heterocycles. The lowest BCUT2D eigenvalue weighted by atomic mass is 10.2. The minimum atomic E-state index is -0.381. The van der Waals surface area contributed by atoms with Crippen LogP contribution in [0.15, 0.2) is 17.2 Å². The number of esters is 1. The van der Waals surface area contributed by atoms with Gasteiger partial charge in [-0.25, -0.2) is 14.8 Å². The summed E-state index contributed by atoms with van der Waals surface area (Å²) in [4.78, 5) is 20.9. The van der Waals surface area contributed by atoms with Crippen LogP contribution < -0.4 is 10.6 Å². The summed E-state index contributed by atoms with van der Waals surface area (Å²) in [5.74, 6) is 0.292. The number of ether oxygens (including phenoxy) is 1. The summed E-state index contributed by atoms with van der Waals surface area (Å²) in [6, 6.07) is 0. The summed E-state index contributed by atoms with van der Waals surface area (Å²) in [5.41, 5.74) is 1.03. The first-order valence-electron chi connectivity index (χ1n) is 6.13. The second-order valence-electron chi connectivity index (χ2n) is 3.88. The summed E-state index contributed by atoms with van der Waals surface area (Å²) in [6.45, 7) is 3.66. The van der Waals surface area contributed by atoms with Crippen LogP contribution in [0.3, 0.4) is 0 Å². The van der Waals surface area contributed by atoms with E-state index < -0.39 is 0 Å². The van der Waals surface area contributed by atoms with E-state index in [-0.39, 0.29) is 5.97 Å². The van der Waals surface area contributed by atoms with Gasteiger partial charge in [-0.2, -0.15) is 0 Å². The van der Waals surface area contributed by atoms with Crippen LogP contribution in [0, 0.1) is 3.57 Å². The largest absolute Gasteiger partial charge is 0.462 e. The van der Waals surface area contributed by atoms with Crippen molar-refractivity contribution in [1.29, 1.82) is 0 Å². The fraction of sp³-hybridized carbons (Fsp3) is 0.417. The van der Waals surface area contributed by atoms with Crippen LogP contribution in [0.4, 0.5) is 0 Å². The molecule has 1 aliphatic heterocycles. The molecule has 2 N–H and O–H groups in total. The monoisotopic (exact) mass is 406 g/mol. The van der Waals surface area contributed by atoms with Crippen molar-refractivity contribution in [3.63, 3.8) is 0 Å². The number of carbonyl (C=O) groups excluding carboxylic acids is 1. The number of carbonyl (C=O) groups is 1. The highest BCUT2D eigenvalue weighted by atomic mass is 127. The molecular formula is C12H15IN4O2S. The lowest BCUT2D eigenvalue weighted by Gasteiger charge is -2.12. The first-order valence-corrected chi connectivity index (χ1v) is 8.43. The third-order valence-electron chi connectivity index (χ3n) is 2.60. The van der Waals surface area contributed by atoms with Crippen LogP contribution >= 0.6 is 34.4 Å². The van der Waals surface area contributed by atoms with Crippen molar-refractivity contribution < 1.29 is 9.53 Å². The number of hydrogen-bond acceptors (Lipinski definition) is 7. The number of nitrogens with zero attached hydrogens (tertiary/aromatic N) is 2. The Morgan fingerprint density at radius 2 is 2.20 bits per heavy atom. The van der Waals surface area contributed by atoms with E-state index in [0.717, 1.165) is 16.7 Å². The third-order valence-corrected chi connectivity index (χ3v) is 3.95. The lowest BCUT2D eigenvalue weighted by molar-refractivity contribution is -0.136. The van der Waals surface area contributed by atoms with Gasteiger partial charge in [0.2, 0.25) is 0 Å². The molecule has 1 aromatic rings. The van der Waals surface area contributed by atoms with Gasteiger partial charge in [0.05, 0.1) is 15.9 Å². The molecule has 1 aromatic heterocycles. The van der Waals surface area contributed by atoms with Crippen molar-refractivity contribution in [3.05, 3.63) is 21.3 Å². The van der Waals surface area contributed by atoms with Crippen molar-refractivity contribution >= 4 is 45.9 Å². The number of hydrogen-bond donors (Lipinski definition) is 2. The molecule has 0 aromatic carbocycles. The molecule has 8 heteroatoms. The predicted molar refractivity (Wildman–Crippen MR) is 86.1 cm³/mol. The van der Waals surface area contributed by atoms with Crippen LogP contribution in [0.2, 0.25) is 0 Å². The maximum atomic E-state index is 12.3. The van der Waals surface area contributed by atoms with Crippen molar-refractivity contribution in [2.45, 2.75) is 12.1 Å². The zero-order valence-electron chi connectivity index (χ0n) is 11.2. The molecule has 0 radical (unpaired) electrons. The number of aromatic nitrogens is 2. The molecule has 0 bridgehead atoms. The summed E-state index contributed by atoms with van der Waals surface area (Å²) in [7, 11) is 0. The molecule has 20 heavy (non-hydrogen) atoms. The molecule has 0 amide bonds. The van der Waals surface area contributed by atoms with E-state index in [0.29, 0.717) is 28.9 Å². The quantitative estimate of drug-likeness (QED) is 0.256. The molecule has 0 atom stereocenters. The Balaban J connectivity index is 2.51. The molecule has 2 rings (SSSR count). The maximum absolute atomic E-state index is 12.3. The highest BCUT2D eigenvalue weighted by Gasteiger charge is 2.25. The molecule has 0 unspecified atom stereocenters. The molecule has 0 spiro atoms. The van der Waals surface area contributed by atoms with Crippen LogP contribution in [-0.4, -0.2) is 41.9 Å². The molecular weight excluding hydrogens is 391 g/mol. The maximum Gasteiger partial charge on any atom is 0.344 e. The SMILES string of the molecule is CCOC(=O)C(=C1NCCN1)c1nc(SC)ncc1I. The van der Waals surface area contributed by atoms with Gasteiger partial charge < -0.3 is 15.4 Å².